The predicted octanol–water partition coefficient (Wildman–Crippen LogP) is 3.99. The molecule has 0 radical (unpaired) electrons. The molecule has 1 heterocycles. The minimum atomic E-state index is -4.39. The van der Waals surface area contributed by atoms with Gasteiger partial charge in [-0.25, -0.2) is 0 Å². The van der Waals surface area contributed by atoms with Gasteiger partial charge in [0.2, 0.25) is 5.91 Å². The lowest BCUT2D eigenvalue weighted by Crippen LogP contribution is -2.47. The molecule has 1 aliphatic heterocycles. The zero-order valence-electron chi connectivity index (χ0n) is 15.3. The van der Waals surface area contributed by atoms with Crippen molar-refractivity contribution in [3.05, 3.63) is 65.7 Å². The van der Waals surface area contributed by atoms with Crippen LogP contribution in [0.4, 0.5) is 13.2 Å². The number of halogens is 3. The number of rotatable bonds is 6. The highest BCUT2D eigenvalue weighted by molar-refractivity contribution is 5.88. The van der Waals surface area contributed by atoms with Crippen LogP contribution in [-0.2, 0) is 21.5 Å². The van der Waals surface area contributed by atoms with Crippen LogP contribution >= 0.6 is 0 Å². The molecule has 0 saturated carbocycles. The Morgan fingerprint density at radius 1 is 1.07 bits per heavy atom. The van der Waals surface area contributed by atoms with E-state index < -0.39 is 18.2 Å². The fourth-order valence-electron chi connectivity index (χ4n) is 3.39. The van der Waals surface area contributed by atoms with Crippen molar-refractivity contribution in [1.29, 1.82) is 0 Å². The Bertz CT molecular complexity index is 787. The van der Waals surface area contributed by atoms with Gasteiger partial charge < -0.3 is 14.8 Å². The van der Waals surface area contributed by atoms with Crippen LogP contribution in [0.15, 0.2) is 54.6 Å². The minimum absolute atomic E-state index is 0.108. The van der Waals surface area contributed by atoms with Crippen molar-refractivity contribution in [3.8, 4) is 5.75 Å². The molecule has 0 spiro atoms. The molecule has 2 aromatic carbocycles. The number of ether oxygens (including phenoxy) is 2. The molecular formula is C21H22F3NO3. The van der Waals surface area contributed by atoms with Gasteiger partial charge in [-0.2, -0.15) is 13.2 Å². The molecule has 150 valence electrons. The molecule has 1 N–H and O–H groups in total. The van der Waals surface area contributed by atoms with Gasteiger partial charge in [0, 0.05) is 19.8 Å². The SMILES string of the molecule is O=C(NCc1cccc(OCC(F)(F)F)c1)C1(c2ccccc2)CCOCC1. The van der Waals surface area contributed by atoms with E-state index in [4.69, 9.17) is 9.47 Å². The second-order valence-electron chi connectivity index (χ2n) is 6.79. The number of carbonyl (C=O) groups excluding carboxylic acids is 1. The van der Waals surface area contributed by atoms with Gasteiger partial charge in [0.15, 0.2) is 6.61 Å². The van der Waals surface area contributed by atoms with E-state index in [1.807, 2.05) is 30.3 Å². The topological polar surface area (TPSA) is 47.6 Å². The third kappa shape index (κ3) is 5.04. The lowest BCUT2D eigenvalue weighted by Gasteiger charge is -2.36. The fourth-order valence-corrected chi connectivity index (χ4v) is 3.39. The van der Waals surface area contributed by atoms with Crippen molar-refractivity contribution in [3.63, 3.8) is 0 Å². The molecule has 28 heavy (non-hydrogen) atoms. The number of benzene rings is 2. The smallest absolute Gasteiger partial charge is 0.422 e. The molecule has 2 aromatic rings. The summed E-state index contributed by atoms with van der Waals surface area (Å²) in [5.41, 5.74) is 0.950. The fraction of sp³-hybridized carbons (Fsp3) is 0.381. The molecule has 3 rings (SSSR count). The first-order chi connectivity index (χ1) is 13.4. The number of carbonyl (C=O) groups is 1. The first kappa shape index (κ1) is 20.2. The lowest BCUT2D eigenvalue weighted by molar-refractivity contribution is -0.153. The highest BCUT2D eigenvalue weighted by atomic mass is 19.4. The number of alkyl halides is 3. The number of nitrogens with one attached hydrogen (secondary N) is 1. The molecule has 1 saturated heterocycles. The maximum Gasteiger partial charge on any atom is 0.422 e. The van der Waals surface area contributed by atoms with Crippen molar-refractivity contribution in [1.82, 2.24) is 5.32 Å². The summed E-state index contributed by atoms with van der Waals surface area (Å²) in [6.45, 7) is -0.135. The molecule has 0 bridgehead atoms. The van der Waals surface area contributed by atoms with Crippen LogP contribution in [0.2, 0.25) is 0 Å². The van der Waals surface area contributed by atoms with Gasteiger partial charge in [-0.05, 0) is 36.1 Å². The van der Waals surface area contributed by atoms with E-state index in [9.17, 15) is 18.0 Å². The summed E-state index contributed by atoms with van der Waals surface area (Å²) in [6.07, 6.45) is -3.23. The molecular weight excluding hydrogens is 371 g/mol. The molecule has 4 nitrogen and oxygen atoms in total. The lowest BCUT2D eigenvalue weighted by atomic mass is 9.73. The van der Waals surface area contributed by atoms with Crippen molar-refractivity contribution in [2.45, 2.75) is 31.0 Å². The van der Waals surface area contributed by atoms with Gasteiger partial charge in [0.25, 0.3) is 0 Å². The molecule has 0 unspecified atom stereocenters. The zero-order valence-corrected chi connectivity index (χ0v) is 15.3. The first-order valence-corrected chi connectivity index (χ1v) is 9.09. The average Bonchev–Trinajstić information content (AvgIpc) is 2.71. The summed E-state index contributed by atoms with van der Waals surface area (Å²) >= 11 is 0. The van der Waals surface area contributed by atoms with E-state index in [1.165, 1.54) is 12.1 Å². The molecule has 0 aliphatic carbocycles. The van der Waals surface area contributed by atoms with Crippen LogP contribution in [0.1, 0.15) is 24.0 Å². The van der Waals surface area contributed by atoms with Gasteiger partial charge in [-0.1, -0.05) is 42.5 Å². The summed E-state index contributed by atoms with van der Waals surface area (Å²) in [5, 5.41) is 2.94. The second-order valence-corrected chi connectivity index (χ2v) is 6.79. The molecule has 0 aromatic heterocycles. The third-order valence-electron chi connectivity index (χ3n) is 4.86. The average molecular weight is 393 g/mol. The highest BCUT2D eigenvalue weighted by Gasteiger charge is 2.41. The highest BCUT2D eigenvalue weighted by Crippen LogP contribution is 2.35. The summed E-state index contributed by atoms with van der Waals surface area (Å²) in [6, 6.07) is 15.9. The standard InChI is InChI=1S/C21H22F3NO3/c22-21(23,24)15-28-18-8-4-5-16(13-18)14-25-19(26)20(9-11-27-12-10-20)17-6-2-1-3-7-17/h1-8,13H,9-12,14-15H2,(H,25,26). The summed E-state index contributed by atoms with van der Waals surface area (Å²) in [4.78, 5) is 13.1. The zero-order chi connectivity index (χ0) is 20.0. The normalized spacial score (nSPS) is 16.4. The predicted molar refractivity (Wildman–Crippen MR) is 98.0 cm³/mol. The second kappa shape index (κ2) is 8.65. The van der Waals surface area contributed by atoms with E-state index in [2.05, 4.69) is 5.32 Å². The van der Waals surface area contributed by atoms with Crippen molar-refractivity contribution < 1.29 is 27.4 Å². The van der Waals surface area contributed by atoms with Crippen LogP contribution in [0.25, 0.3) is 0 Å². The Morgan fingerprint density at radius 3 is 2.46 bits per heavy atom. The van der Waals surface area contributed by atoms with Gasteiger partial charge >= 0.3 is 6.18 Å². The summed E-state index contributed by atoms with van der Waals surface area (Å²) < 4.78 is 47.1. The molecule has 1 amide bonds. The van der Waals surface area contributed by atoms with Crippen LogP contribution < -0.4 is 10.1 Å². The number of hydrogen-bond donors (Lipinski definition) is 1. The van der Waals surface area contributed by atoms with Crippen molar-refractivity contribution in [2.24, 2.45) is 0 Å². The van der Waals surface area contributed by atoms with Gasteiger partial charge in [-0.3, -0.25) is 4.79 Å². The van der Waals surface area contributed by atoms with Crippen LogP contribution in [0.3, 0.4) is 0 Å². The maximum atomic E-state index is 13.1. The van der Waals surface area contributed by atoms with Crippen LogP contribution in [0.5, 0.6) is 5.75 Å². The minimum Gasteiger partial charge on any atom is -0.484 e. The monoisotopic (exact) mass is 393 g/mol. The quantitative estimate of drug-likeness (QED) is 0.807. The molecule has 1 aliphatic rings. The maximum absolute atomic E-state index is 13.1. The van der Waals surface area contributed by atoms with E-state index in [-0.39, 0.29) is 18.2 Å². The molecule has 1 fully saturated rings. The van der Waals surface area contributed by atoms with Crippen molar-refractivity contribution in [2.75, 3.05) is 19.8 Å². The van der Waals surface area contributed by atoms with E-state index >= 15 is 0 Å². The van der Waals surface area contributed by atoms with E-state index in [0.29, 0.717) is 31.6 Å². The summed E-state index contributed by atoms with van der Waals surface area (Å²) in [7, 11) is 0. The largest absolute Gasteiger partial charge is 0.484 e. The van der Waals surface area contributed by atoms with Gasteiger partial charge in [0.05, 0.1) is 5.41 Å². The Labute approximate surface area is 161 Å². The van der Waals surface area contributed by atoms with Gasteiger partial charge in [0.1, 0.15) is 5.75 Å². The Kier molecular flexibility index (Phi) is 6.24. The number of hydrogen-bond acceptors (Lipinski definition) is 3. The number of amides is 1. The van der Waals surface area contributed by atoms with E-state index in [0.717, 1.165) is 5.56 Å². The third-order valence-corrected chi connectivity index (χ3v) is 4.86. The van der Waals surface area contributed by atoms with E-state index in [1.54, 1.807) is 12.1 Å². The molecule has 0 atom stereocenters. The van der Waals surface area contributed by atoms with Crippen molar-refractivity contribution >= 4 is 5.91 Å². The Balaban J connectivity index is 1.68. The Hall–Kier alpha value is -2.54. The van der Waals surface area contributed by atoms with Crippen LogP contribution in [0, 0.1) is 0 Å². The molecule has 7 heteroatoms. The van der Waals surface area contributed by atoms with Crippen LogP contribution in [-0.4, -0.2) is 31.9 Å². The Morgan fingerprint density at radius 2 is 1.79 bits per heavy atom. The summed E-state index contributed by atoms with van der Waals surface area (Å²) in [5.74, 6) is 0.0107. The van der Waals surface area contributed by atoms with Gasteiger partial charge in [-0.15, -0.1) is 0 Å². The first-order valence-electron chi connectivity index (χ1n) is 9.09.